The summed E-state index contributed by atoms with van der Waals surface area (Å²) in [7, 11) is 1.89. The van der Waals surface area contributed by atoms with Gasteiger partial charge in [-0.25, -0.2) is 4.98 Å². The number of aromatic nitrogens is 6. The number of aromatic amines is 1. The number of fused-ring (bicyclic) bond motifs is 1. The first-order valence-electron chi connectivity index (χ1n) is 9.75. The van der Waals surface area contributed by atoms with Crippen LogP contribution in [0.2, 0.25) is 0 Å². The average Bonchev–Trinajstić information content (AvgIpc) is 3.34. The number of nitrogens with zero attached hydrogens (tertiary/aromatic N) is 5. The van der Waals surface area contributed by atoms with Crippen molar-refractivity contribution in [2.24, 2.45) is 7.05 Å². The average molecular weight is 493 g/mol. The largest absolute Gasteiger partial charge is 0.433 e. The van der Waals surface area contributed by atoms with Gasteiger partial charge in [-0.05, 0) is 31.0 Å². The van der Waals surface area contributed by atoms with Crippen molar-refractivity contribution >= 4 is 26.8 Å². The monoisotopic (exact) mass is 492 g/mol. The van der Waals surface area contributed by atoms with E-state index in [1.165, 1.54) is 0 Å². The first kappa shape index (κ1) is 21.5. The van der Waals surface area contributed by atoms with Gasteiger partial charge in [0.15, 0.2) is 0 Å². The number of benzene rings is 1. The van der Waals surface area contributed by atoms with Gasteiger partial charge in [0.05, 0.1) is 16.0 Å². The summed E-state index contributed by atoms with van der Waals surface area (Å²) in [4.78, 5) is 3.44. The number of hydrogen-bond donors (Lipinski definition) is 1. The number of aryl methyl sites for hydroxylation is 1. The van der Waals surface area contributed by atoms with Crippen LogP contribution in [0.4, 0.5) is 13.2 Å². The highest BCUT2D eigenvalue weighted by Gasteiger charge is 2.34. The lowest BCUT2D eigenvalue weighted by atomic mass is 9.93. The normalized spacial score (nSPS) is 14.2. The maximum atomic E-state index is 13.5. The minimum absolute atomic E-state index is 0.00295. The highest BCUT2D eigenvalue weighted by atomic mass is 79.9. The minimum atomic E-state index is -4.56. The van der Waals surface area contributed by atoms with Crippen molar-refractivity contribution in [3.05, 3.63) is 59.4 Å². The van der Waals surface area contributed by atoms with Crippen LogP contribution in [-0.2, 0) is 13.2 Å². The molecule has 0 aliphatic rings. The topological polar surface area (TPSA) is 72.3 Å². The molecule has 31 heavy (non-hydrogen) atoms. The van der Waals surface area contributed by atoms with Crippen LogP contribution < -0.4 is 0 Å². The zero-order valence-corrected chi connectivity index (χ0v) is 18.7. The highest BCUT2D eigenvalue weighted by molar-refractivity contribution is 9.09. The Morgan fingerprint density at radius 3 is 2.61 bits per heavy atom. The van der Waals surface area contributed by atoms with Gasteiger partial charge < -0.3 is 4.57 Å². The van der Waals surface area contributed by atoms with Gasteiger partial charge in [-0.1, -0.05) is 41.1 Å². The van der Waals surface area contributed by atoms with E-state index in [0.717, 1.165) is 29.4 Å². The van der Waals surface area contributed by atoms with Gasteiger partial charge in [0.2, 0.25) is 0 Å². The van der Waals surface area contributed by atoms with Crippen molar-refractivity contribution < 1.29 is 13.2 Å². The predicted octanol–water partition coefficient (Wildman–Crippen LogP) is 5.77. The number of pyridine rings is 1. The molecule has 0 radical (unpaired) electrons. The molecule has 0 saturated heterocycles. The van der Waals surface area contributed by atoms with Crippen molar-refractivity contribution in [2.75, 3.05) is 0 Å². The van der Waals surface area contributed by atoms with Crippen molar-refractivity contribution in [3.8, 4) is 11.3 Å². The molecule has 0 amide bonds. The molecule has 4 rings (SSSR count). The van der Waals surface area contributed by atoms with E-state index >= 15 is 0 Å². The molecule has 6 nitrogen and oxygen atoms in total. The molecular formula is C21H20BrF3N6. The number of alkyl halides is 4. The molecule has 0 saturated carbocycles. The highest BCUT2D eigenvalue weighted by Crippen LogP contribution is 2.38. The third-order valence-electron chi connectivity index (χ3n) is 5.28. The molecule has 0 fully saturated rings. The zero-order valence-electron chi connectivity index (χ0n) is 17.1. The van der Waals surface area contributed by atoms with Crippen molar-refractivity contribution in [2.45, 2.75) is 37.2 Å². The lowest BCUT2D eigenvalue weighted by Gasteiger charge is -2.15. The van der Waals surface area contributed by atoms with Crippen LogP contribution in [0.3, 0.4) is 0 Å². The first-order valence-corrected chi connectivity index (χ1v) is 10.7. The summed E-state index contributed by atoms with van der Waals surface area (Å²) >= 11 is 3.35. The Kier molecular flexibility index (Phi) is 5.59. The summed E-state index contributed by atoms with van der Waals surface area (Å²) in [5.74, 6) is 0.827. The van der Waals surface area contributed by atoms with E-state index < -0.39 is 11.9 Å². The molecule has 0 bridgehead atoms. The molecule has 2 atom stereocenters. The van der Waals surface area contributed by atoms with Gasteiger partial charge in [-0.3, -0.25) is 5.10 Å². The van der Waals surface area contributed by atoms with Gasteiger partial charge in [0.1, 0.15) is 23.5 Å². The van der Waals surface area contributed by atoms with Gasteiger partial charge >= 0.3 is 6.18 Å². The smallest absolute Gasteiger partial charge is 0.320 e. The van der Waals surface area contributed by atoms with E-state index in [0.29, 0.717) is 16.6 Å². The van der Waals surface area contributed by atoms with E-state index in [-0.39, 0.29) is 16.4 Å². The number of hydrogen-bond acceptors (Lipinski definition) is 4. The molecule has 0 aliphatic heterocycles. The van der Waals surface area contributed by atoms with E-state index in [1.54, 1.807) is 13.3 Å². The number of nitrogens with one attached hydrogen (secondary N) is 1. The second-order valence-corrected chi connectivity index (χ2v) is 8.76. The Bertz CT molecular complexity index is 1230. The van der Waals surface area contributed by atoms with Gasteiger partial charge in [-0.15, -0.1) is 10.2 Å². The van der Waals surface area contributed by atoms with E-state index in [2.05, 4.69) is 48.2 Å². The Hall–Kier alpha value is -2.75. The lowest BCUT2D eigenvalue weighted by molar-refractivity contribution is -0.141. The van der Waals surface area contributed by atoms with Gasteiger partial charge in [0, 0.05) is 23.9 Å². The molecule has 2 unspecified atom stereocenters. The molecular weight excluding hydrogens is 473 g/mol. The molecule has 162 valence electrons. The summed E-state index contributed by atoms with van der Waals surface area (Å²) in [5.41, 5.74) is 1.98. The van der Waals surface area contributed by atoms with Crippen LogP contribution >= 0.6 is 15.9 Å². The fourth-order valence-corrected chi connectivity index (χ4v) is 4.10. The number of H-pyrrole nitrogens is 1. The molecule has 10 heteroatoms. The SMILES string of the molecule is CCC(c1cccc(-c2n[nH]c3c(C(C)Br)nc(C(F)(F)F)cc23)c1)c1nncn1C. The summed E-state index contributed by atoms with van der Waals surface area (Å²) in [6, 6.07) is 8.70. The Morgan fingerprint density at radius 2 is 2.00 bits per heavy atom. The predicted molar refractivity (Wildman–Crippen MR) is 115 cm³/mol. The Morgan fingerprint density at radius 1 is 1.23 bits per heavy atom. The molecule has 3 heterocycles. The Balaban J connectivity index is 1.87. The van der Waals surface area contributed by atoms with Crippen LogP contribution in [-0.4, -0.2) is 29.9 Å². The second kappa shape index (κ2) is 8.07. The van der Waals surface area contributed by atoms with Crippen LogP contribution in [0.15, 0.2) is 36.7 Å². The second-order valence-electron chi connectivity index (χ2n) is 7.39. The fraction of sp³-hybridized carbons (Fsp3) is 0.333. The molecule has 0 aliphatic carbocycles. The minimum Gasteiger partial charge on any atom is -0.320 e. The third kappa shape index (κ3) is 3.96. The molecule has 0 spiro atoms. The van der Waals surface area contributed by atoms with Crippen LogP contribution in [0.25, 0.3) is 22.2 Å². The lowest BCUT2D eigenvalue weighted by Crippen LogP contribution is -2.10. The van der Waals surface area contributed by atoms with Crippen LogP contribution in [0, 0.1) is 0 Å². The zero-order chi connectivity index (χ0) is 22.3. The van der Waals surface area contributed by atoms with Gasteiger partial charge in [0.25, 0.3) is 0 Å². The van der Waals surface area contributed by atoms with Crippen LogP contribution in [0.1, 0.15) is 53.8 Å². The summed E-state index contributed by atoms with van der Waals surface area (Å²) < 4.78 is 42.3. The summed E-state index contributed by atoms with van der Waals surface area (Å²) in [5, 5.41) is 15.8. The maximum absolute atomic E-state index is 13.5. The molecule has 3 aromatic heterocycles. The number of rotatable bonds is 5. The van der Waals surface area contributed by atoms with Gasteiger partial charge in [-0.2, -0.15) is 18.3 Å². The summed E-state index contributed by atoms with van der Waals surface area (Å²) in [6.07, 6.45) is -2.11. The van der Waals surface area contributed by atoms with E-state index in [9.17, 15) is 13.2 Å². The first-order chi connectivity index (χ1) is 14.7. The van der Waals surface area contributed by atoms with Crippen molar-refractivity contribution in [3.63, 3.8) is 0 Å². The van der Waals surface area contributed by atoms with Crippen LogP contribution in [0.5, 0.6) is 0 Å². The quantitative estimate of drug-likeness (QED) is 0.359. The summed E-state index contributed by atoms with van der Waals surface area (Å²) in [6.45, 7) is 3.79. The number of halogens is 4. The molecule has 1 N–H and O–H groups in total. The maximum Gasteiger partial charge on any atom is 0.433 e. The van der Waals surface area contributed by atoms with Crippen molar-refractivity contribution in [1.29, 1.82) is 0 Å². The Labute approximate surface area is 185 Å². The van der Waals surface area contributed by atoms with E-state index in [4.69, 9.17) is 0 Å². The van der Waals surface area contributed by atoms with Crippen molar-refractivity contribution in [1.82, 2.24) is 29.9 Å². The molecule has 4 aromatic rings. The standard InChI is InChI=1S/C21H20BrF3N6/c1-4-14(20-30-26-10-31(20)3)12-6-5-7-13(8-12)18-15-9-16(21(23,24)25)27-17(11(2)22)19(15)29-28-18/h5-11,14H,4H2,1-3H3,(H,28,29). The third-order valence-corrected chi connectivity index (χ3v) is 5.71. The molecule has 1 aromatic carbocycles. The van der Waals surface area contributed by atoms with E-state index in [1.807, 2.05) is 35.9 Å². The fourth-order valence-electron chi connectivity index (χ4n) is 3.77.